The van der Waals surface area contributed by atoms with E-state index in [-0.39, 0.29) is 30.8 Å². The Bertz CT molecular complexity index is 656. The smallest absolute Gasteiger partial charge is 0.306 e. The summed E-state index contributed by atoms with van der Waals surface area (Å²) in [6.07, 6.45) is 31.6. The van der Waals surface area contributed by atoms with Crippen LogP contribution in [0.2, 0.25) is 0 Å². The molecule has 6 nitrogen and oxygen atoms in total. The van der Waals surface area contributed by atoms with E-state index in [0.29, 0.717) is 19.4 Å². The van der Waals surface area contributed by atoms with Gasteiger partial charge in [0, 0.05) is 19.4 Å². The van der Waals surface area contributed by atoms with Gasteiger partial charge in [0.2, 0.25) is 0 Å². The van der Waals surface area contributed by atoms with Crippen molar-refractivity contribution in [2.75, 3.05) is 26.2 Å². The highest BCUT2D eigenvalue weighted by molar-refractivity contribution is 5.69. The first-order chi connectivity index (χ1) is 24.8. The van der Waals surface area contributed by atoms with Crippen molar-refractivity contribution in [3.8, 4) is 0 Å². The van der Waals surface area contributed by atoms with Crippen LogP contribution in [0.15, 0.2) is 0 Å². The summed E-state index contributed by atoms with van der Waals surface area (Å²) in [6.45, 7) is 22.2. The quantitative estimate of drug-likeness (QED) is 0.0639. The minimum Gasteiger partial charge on any atom is -0.462 e. The number of hydrogen-bond donors (Lipinski definition) is 1. The molecule has 0 saturated heterocycles. The lowest BCUT2D eigenvalue weighted by atomic mass is 9.85. The van der Waals surface area contributed by atoms with E-state index in [9.17, 15) is 9.59 Å². The van der Waals surface area contributed by atoms with Gasteiger partial charge in [-0.2, -0.15) is 0 Å². The van der Waals surface area contributed by atoms with Crippen LogP contribution in [0.25, 0.3) is 0 Å². The third-order valence-electron chi connectivity index (χ3n) is 9.11. The summed E-state index contributed by atoms with van der Waals surface area (Å²) in [7, 11) is 0. The Morgan fingerprint density at radius 2 is 1.08 bits per heavy atom. The number of hydrogen-bond acceptors (Lipinski definition) is 6. The van der Waals surface area contributed by atoms with Gasteiger partial charge in [0.25, 0.3) is 0 Å². The van der Waals surface area contributed by atoms with Crippen molar-refractivity contribution in [3.05, 3.63) is 0 Å². The summed E-state index contributed by atoms with van der Waals surface area (Å²) in [5.41, 5.74) is 0. The van der Waals surface area contributed by atoms with E-state index in [1.165, 1.54) is 116 Å². The number of esters is 2. The maximum Gasteiger partial charge on any atom is 0.306 e. The first-order valence-corrected chi connectivity index (χ1v) is 22.5. The average molecular weight is 728 g/mol. The topological polar surface area (TPSA) is 76.1 Å². The SMILES string of the molecule is CCC.CCC.CCCC1CCC(OC(=O)CCCN(CCC)CCO)CC1.CCCCCCCCC(CCCCCCCC)OC(=O)CCC. The van der Waals surface area contributed by atoms with Gasteiger partial charge < -0.3 is 19.5 Å². The summed E-state index contributed by atoms with van der Waals surface area (Å²) in [4.78, 5) is 25.9. The van der Waals surface area contributed by atoms with Crippen LogP contribution in [0, 0.1) is 5.92 Å². The number of unbranched alkanes of at least 4 members (excludes halogenated alkanes) is 10. The molecule has 1 rings (SSSR count). The molecule has 1 N–H and O–H groups in total. The second-order valence-corrected chi connectivity index (χ2v) is 15.0. The van der Waals surface area contributed by atoms with Gasteiger partial charge in [-0.3, -0.25) is 9.59 Å². The highest BCUT2D eigenvalue weighted by Gasteiger charge is 2.23. The van der Waals surface area contributed by atoms with Crippen molar-refractivity contribution < 1.29 is 24.2 Å². The van der Waals surface area contributed by atoms with Crippen molar-refractivity contribution >= 4 is 11.9 Å². The van der Waals surface area contributed by atoms with E-state index in [1.807, 2.05) is 6.92 Å². The van der Waals surface area contributed by atoms with Crippen LogP contribution in [0.1, 0.15) is 236 Å². The summed E-state index contributed by atoms with van der Waals surface area (Å²) in [5, 5.41) is 9.01. The molecule has 0 heterocycles. The second-order valence-electron chi connectivity index (χ2n) is 15.0. The molecule has 0 spiro atoms. The summed E-state index contributed by atoms with van der Waals surface area (Å²) in [6, 6.07) is 0. The van der Waals surface area contributed by atoms with E-state index in [0.717, 1.165) is 64.0 Å². The Kier molecular flexibility index (Phi) is 47.8. The number of carbonyl (C=O) groups excluding carboxylic acids is 2. The van der Waals surface area contributed by atoms with Gasteiger partial charge >= 0.3 is 11.9 Å². The summed E-state index contributed by atoms with van der Waals surface area (Å²) in [5.74, 6) is 0.815. The molecule has 1 aliphatic carbocycles. The fourth-order valence-corrected chi connectivity index (χ4v) is 6.45. The van der Waals surface area contributed by atoms with Gasteiger partial charge in [-0.1, -0.05) is 152 Å². The molecule has 0 aromatic rings. The third kappa shape index (κ3) is 41.5. The Labute approximate surface area is 320 Å². The lowest BCUT2D eigenvalue weighted by Gasteiger charge is -2.28. The van der Waals surface area contributed by atoms with Crippen molar-refractivity contribution in [2.24, 2.45) is 5.92 Å². The van der Waals surface area contributed by atoms with Crippen LogP contribution in [0.3, 0.4) is 0 Å². The molecule has 0 aromatic carbocycles. The van der Waals surface area contributed by atoms with Crippen LogP contribution in [-0.2, 0) is 19.1 Å². The number of carbonyl (C=O) groups is 2. The molecule has 1 saturated carbocycles. The maximum atomic E-state index is 11.9. The van der Waals surface area contributed by atoms with Gasteiger partial charge in [-0.25, -0.2) is 0 Å². The van der Waals surface area contributed by atoms with Crippen molar-refractivity contribution in [3.63, 3.8) is 0 Å². The summed E-state index contributed by atoms with van der Waals surface area (Å²) < 4.78 is 11.3. The monoisotopic (exact) mass is 728 g/mol. The van der Waals surface area contributed by atoms with E-state index in [4.69, 9.17) is 14.6 Å². The minimum absolute atomic E-state index is 0.00876. The zero-order valence-corrected chi connectivity index (χ0v) is 36.2. The number of nitrogens with zero attached hydrogens (tertiary/aromatic N) is 1. The van der Waals surface area contributed by atoms with Crippen LogP contribution >= 0.6 is 0 Å². The fourth-order valence-electron chi connectivity index (χ4n) is 6.45. The van der Waals surface area contributed by atoms with E-state index < -0.39 is 0 Å². The molecule has 308 valence electrons. The van der Waals surface area contributed by atoms with Gasteiger partial charge in [0.05, 0.1) is 6.61 Å². The lowest BCUT2D eigenvalue weighted by Crippen LogP contribution is -2.29. The van der Waals surface area contributed by atoms with Crippen molar-refractivity contribution in [1.29, 1.82) is 0 Å². The Hall–Kier alpha value is -1.14. The van der Waals surface area contributed by atoms with Gasteiger partial charge in [-0.15, -0.1) is 0 Å². The molecular formula is C45H93NO5. The standard InChI is InChI=1S/C21H42O2.C18H35NO3.2C3H8/c1-4-7-9-11-13-15-18-20(23-21(22)17-6-3)19-16-14-12-10-8-5-2;1-3-6-16-8-10-17(11-9-16)22-18(21)7-5-13-19(12-4-2)14-15-20;2*1-3-2/h20H,4-19H2,1-3H3;16-17,20H,3-15H2,1-2H3;2*3H2,1-2H3. The number of rotatable bonds is 28. The summed E-state index contributed by atoms with van der Waals surface area (Å²) >= 11 is 0. The molecule has 1 aliphatic rings. The Balaban J connectivity index is -0.000000781. The predicted octanol–water partition coefficient (Wildman–Crippen LogP) is 13.4. The van der Waals surface area contributed by atoms with Crippen molar-refractivity contribution in [1.82, 2.24) is 4.90 Å². The Morgan fingerprint density at radius 1 is 0.569 bits per heavy atom. The van der Waals surface area contributed by atoms with Gasteiger partial charge in [0.15, 0.2) is 0 Å². The lowest BCUT2D eigenvalue weighted by molar-refractivity contribution is -0.151. The Morgan fingerprint density at radius 3 is 1.53 bits per heavy atom. The first-order valence-electron chi connectivity index (χ1n) is 22.5. The number of aliphatic hydroxyl groups excluding tert-OH is 1. The van der Waals surface area contributed by atoms with E-state index in [2.05, 4.69) is 60.3 Å². The number of ether oxygens (including phenoxy) is 2. The second kappa shape index (κ2) is 45.0. The zero-order chi connectivity index (χ0) is 38.8. The largest absolute Gasteiger partial charge is 0.462 e. The van der Waals surface area contributed by atoms with E-state index in [1.54, 1.807) is 0 Å². The van der Waals surface area contributed by atoms with Crippen LogP contribution in [0.5, 0.6) is 0 Å². The zero-order valence-electron chi connectivity index (χ0n) is 36.2. The van der Waals surface area contributed by atoms with Crippen LogP contribution < -0.4 is 0 Å². The number of aliphatic hydroxyl groups is 1. The minimum atomic E-state index is -0.0422. The molecule has 0 radical (unpaired) electrons. The molecule has 0 atom stereocenters. The maximum absolute atomic E-state index is 11.9. The van der Waals surface area contributed by atoms with Crippen LogP contribution in [-0.4, -0.2) is 60.4 Å². The molecule has 0 bridgehead atoms. The molecule has 51 heavy (non-hydrogen) atoms. The normalized spacial score (nSPS) is 15.2. The van der Waals surface area contributed by atoms with Gasteiger partial charge in [0.1, 0.15) is 12.2 Å². The molecule has 1 fully saturated rings. The first kappa shape index (κ1) is 54.2. The molecule has 0 unspecified atom stereocenters. The molecule has 0 aromatic heterocycles. The van der Waals surface area contributed by atoms with Crippen LogP contribution in [0.4, 0.5) is 0 Å². The average Bonchev–Trinajstić information content (AvgIpc) is 3.10. The fraction of sp³-hybridized carbons (Fsp3) is 0.956. The molecule has 0 aliphatic heterocycles. The molecule has 0 amide bonds. The highest BCUT2D eigenvalue weighted by atomic mass is 16.5. The predicted molar refractivity (Wildman–Crippen MR) is 223 cm³/mol. The third-order valence-corrected chi connectivity index (χ3v) is 9.11. The van der Waals surface area contributed by atoms with E-state index >= 15 is 0 Å². The molecule has 6 heteroatoms. The van der Waals surface area contributed by atoms with Crippen molar-refractivity contribution in [2.45, 2.75) is 248 Å². The molecular weight excluding hydrogens is 634 g/mol. The van der Waals surface area contributed by atoms with Gasteiger partial charge in [-0.05, 0) is 89.6 Å². The highest BCUT2D eigenvalue weighted by Crippen LogP contribution is 2.29.